The van der Waals surface area contributed by atoms with Crippen LogP contribution in [0.5, 0.6) is 0 Å². The molecule has 0 fully saturated rings. The van der Waals surface area contributed by atoms with Gasteiger partial charge in [0.1, 0.15) is 5.76 Å². The number of unbranched alkanes of at least 4 members (excludes halogenated alkanes) is 3. The van der Waals surface area contributed by atoms with E-state index >= 15 is 0 Å². The zero-order valence-electron chi connectivity index (χ0n) is 16.1. The number of halogens is 2. The van der Waals surface area contributed by atoms with Gasteiger partial charge in [0.05, 0.1) is 28.1 Å². The molecule has 0 bridgehead atoms. The highest BCUT2D eigenvalue weighted by Crippen LogP contribution is 2.31. The fourth-order valence-electron chi connectivity index (χ4n) is 2.87. The maximum atomic E-state index is 10.2. The zero-order chi connectivity index (χ0) is 20.2. The van der Waals surface area contributed by atoms with Crippen molar-refractivity contribution in [2.75, 3.05) is 32.0 Å². The summed E-state index contributed by atoms with van der Waals surface area (Å²) in [6.45, 7) is 2.90. The number of rotatable bonds is 14. The zero-order valence-corrected chi connectivity index (χ0v) is 17.6. The monoisotopic (exact) mass is 428 g/mol. The van der Waals surface area contributed by atoms with E-state index in [0.29, 0.717) is 27.8 Å². The number of aliphatic hydroxyl groups excluding tert-OH is 1. The molecule has 1 aromatic carbocycles. The minimum absolute atomic E-state index is 0.341. The van der Waals surface area contributed by atoms with E-state index in [4.69, 9.17) is 38.1 Å². The molecule has 28 heavy (non-hydrogen) atoms. The maximum Gasteiger partial charge on any atom is 0.103 e. The maximum absolute atomic E-state index is 10.2. The molecule has 0 aliphatic rings. The second kappa shape index (κ2) is 13.1. The number of hydrogen-bond donors (Lipinski definition) is 3. The third kappa shape index (κ3) is 8.41. The van der Waals surface area contributed by atoms with E-state index < -0.39 is 6.10 Å². The fraction of sp³-hybridized carbons (Fsp3) is 0.524. The molecule has 2 aromatic rings. The molecule has 0 amide bonds. The van der Waals surface area contributed by atoms with Gasteiger partial charge in [0.25, 0.3) is 0 Å². The van der Waals surface area contributed by atoms with Crippen LogP contribution in [0.15, 0.2) is 34.9 Å². The van der Waals surface area contributed by atoms with Gasteiger partial charge in [0.2, 0.25) is 0 Å². The largest absolute Gasteiger partial charge is 0.469 e. The summed E-state index contributed by atoms with van der Waals surface area (Å²) in [6, 6.07) is 7.22. The first kappa shape index (κ1) is 23.0. The molecule has 0 saturated heterocycles. The summed E-state index contributed by atoms with van der Waals surface area (Å²) >= 11 is 12.0. The molecule has 0 saturated carbocycles. The van der Waals surface area contributed by atoms with Crippen LogP contribution >= 0.6 is 23.2 Å². The summed E-state index contributed by atoms with van der Waals surface area (Å²) in [5.74, 6) is 1.02. The van der Waals surface area contributed by atoms with Crippen LogP contribution < -0.4 is 11.1 Å². The van der Waals surface area contributed by atoms with Gasteiger partial charge >= 0.3 is 0 Å². The first-order valence-corrected chi connectivity index (χ1v) is 10.6. The number of hydrogen-bond acceptors (Lipinski definition) is 5. The summed E-state index contributed by atoms with van der Waals surface area (Å²) in [5.41, 5.74) is 6.72. The summed E-state index contributed by atoms with van der Waals surface area (Å²) in [4.78, 5) is 0. The molecule has 156 valence electrons. The number of aryl methyl sites for hydroxylation is 1. The van der Waals surface area contributed by atoms with Gasteiger partial charge in [-0.1, -0.05) is 36.0 Å². The molecule has 4 N–H and O–H groups in total. The smallest absolute Gasteiger partial charge is 0.103 e. The first-order chi connectivity index (χ1) is 13.6. The molecule has 7 heteroatoms. The van der Waals surface area contributed by atoms with Crippen LogP contribution in [-0.4, -0.2) is 31.4 Å². The Morgan fingerprint density at radius 3 is 2.50 bits per heavy atom. The third-order valence-electron chi connectivity index (χ3n) is 4.51. The average Bonchev–Trinajstić information content (AvgIpc) is 3.19. The highest BCUT2D eigenvalue weighted by molar-refractivity contribution is 6.38. The van der Waals surface area contributed by atoms with Gasteiger partial charge in [-0.05, 0) is 55.6 Å². The highest BCUT2D eigenvalue weighted by Gasteiger charge is 2.11. The van der Waals surface area contributed by atoms with E-state index in [-0.39, 0.29) is 0 Å². The van der Waals surface area contributed by atoms with Gasteiger partial charge in [-0.3, -0.25) is 0 Å². The Labute approximate surface area is 177 Å². The van der Waals surface area contributed by atoms with Gasteiger partial charge in [-0.2, -0.15) is 0 Å². The molecule has 0 spiro atoms. The van der Waals surface area contributed by atoms with Gasteiger partial charge in [-0.25, -0.2) is 0 Å². The second-order valence-corrected chi connectivity index (χ2v) is 7.64. The van der Waals surface area contributed by atoms with E-state index in [9.17, 15) is 5.11 Å². The van der Waals surface area contributed by atoms with E-state index in [1.54, 1.807) is 18.4 Å². The molecular formula is C21H30Cl2N2O3. The summed E-state index contributed by atoms with van der Waals surface area (Å²) in [5, 5.41) is 14.2. The quantitative estimate of drug-likeness (QED) is 0.291. The first-order valence-electron chi connectivity index (χ1n) is 9.81. The van der Waals surface area contributed by atoms with Crippen LogP contribution in [0.1, 0.15) is 49.5 Å². The number of aliphatic hydroxyl groups is 1. The molecule has 0 radical (unpaired) electrons. The number of furan rings is 1. The summed E-state index contributed by atoms with van der Waals surface area (Å²) < 4.78 is 10.9. The Hall–Kier alpha value is -1.24. The van der Waals surface area contributed by atoms with Crippen LogP contribution in [-0.2, 0) is 11.2 Å². The number of nitrogens with one attached hydrogen (secondary N) is 1. The lowest BCUT2D eigenvalue weighted by Gasteiger charge is -2.14. The minimum atomic E-state index is -0.662. The van der Waals surface area contributed by atoms with E-state index in [1.165, 1.54) is 0 Å². The topological polar surface area (TPSA) is 80.7 Å². The van der Waals surface area contributed by atoms with Crippen LogP contribution in [0.4, 0.5) is 5.69 Å². The molecular weight excluding hydrogens is 399 g/mol. The van der Waals surface area contributed by atoms with Crippen molar-refractivity contribution in [3.63, 3.8) is 0 Å². The van der Waals surface area contributed by atoms with Crippen LogP contribution in [0.2, 0.25) is 10.0 Å². The molecule has 2 rings (SSSR count). The van der Waals surface area contributed by atoms with Crippen LogP contribution in [0.25, 0.3) is 0 Å². The van der Waals surface area contributed by atoms with Gasteiger partial charge < -0.3 is 25.3 Å². The van der Waals surface area contributed by atoms with Crippen molar-refractivity contribution in [3.8, 4) is 0 Å². The standard InChI is InChI=1S/C21H30Cl2N2O3/c22-18-13-16(14-19(23)21(18)24)20(26)15-25-9-3-1-2-4-10-27-11-5-7-17-8-6-12-28-17/h6,8,12-14,20,25-26H,1-5,7,9-11,15,24H2. The SMILES string of the molecule is Nc1c(Cl)cc(C(O)CNCCCCCCOCCCc2ccco2)cc1Cl. The van der Waals surface area contributed by atoms with Gasteiger partial charge in [-0.15, -0.1) is 0 Å². The van der Waals surface area contributed by atoms with E-state index in [1.807, 2.05) is 12.1 Å². The Morgan fingerprint density at radius 2 is 1.79 bits per heavy atom. The summed E-state index contributed by atoms with van der Waals surface area (Å²) in [6.07, 6.45) is 7.38. The van der Waals surface area contributed by atoms with Crippen molar-refractivity contribution in [2.24, 2.45) is 0 Å². The normalized spacial score (nSPS) is 12.4. The predicted molar refractivity (Wildman–Crippen MR) is 115 cm³/mol. The lowest BCUT2D eigenvalue weighted by molar-refractivity contribution is 0.126. The summed E-state index contributed by atoms with van der Waals surface area (Å²) in [7, 11) is 0. The Bertz CT molecular complexity index is 657. The Balaban J connectivity index is 1.42. The second-order valence-electron chi connectivity index (χ2n) is 6.83. The van der Waals surface area contributed by atoms with E-state index in [2.05, 4.69) is 5.32 Å². The van der Waals surface area contributed by atoms with Crippen LogP contribution in [0.3, 0.4) is 0 Å². The van der Waals surface area contributed by atoms with Crippen molar-refractivity contribution in [1.29, 1.82) is 0 Å². The molecule has 0 aliphatic carbocycles. The molecule has 1 atom stereocenters. The molecule has 1 aromatic heterocycles. The Morgan fingerprint density at radius 1 is 1.07 bits per heavy atom. The molecule has 0 aliphatic heterocycles. The van der Waals surface area contributed by atoms with Gasteiger partial charge in [0.15, 0.2) is 0 Å². The van der Waals surface area contributed by atoms with Gasteiger partial charge in [0, 0.05) is 26.2 Å². The predicted octanol–water partition coefficient (Wildman–Crippen LogP) is 5.00. The number of nitrogen functional groups attached to an aromatic ring is 1. The third-order valence-corrected chi connectivity index (χ3v) is 5.13. The fourth-order valence-corrected chi connectivity index (χ4v) is 3.37. The van der Waals surface area contributed by atoms with E-state index in [0.717, 1.165) is 64.0 Å². The molecule has 1 unspecified atom stereocenters. The molecule has 5 nitrogen and oxygen atoms in total. The number of anilines is 1. The minimum Gasteiger partial charge on any atom is -0.469 e. The van der Waals surface area contributed by atoms with Crippen LogP contribution in [0, 0.1) is 0 Å². The number of nitrogens with two attached hydrogens (primary N) is 1. The van der Waals surface area contributed by atoms with Crippen molar-refractivity contribution < 1.29 is 14.3 Å². The van der Waals surface area contributed by atoms with Crippen molar-refractivity contribution in [3.05, 3.63) is 51.9 Å². The number of benzene rings is 1. The lowest BCUT2D eigenvalue weighted by Crippen LogP contribution is -2.22. The van der Waals surface area contributed by atoms with Crippen molar-refractivity contribution in [2.45, 2.75) is 44.6 Å². The average molecular weight is 429 g/mol. The Kier molecular flexibility index (Phi) is 10.8. The lowest BCUT2D eigenvalue weighted by atomic mass is 10.1. The molecule has 1 heterocycles. The highest BCUT2D eigenvalue weighted by atomic mass is 35.5. The number of ether oxygens (including phenoxy) is 1. The van der Waals surface area contributed by atoms with Crippen molar-refractivity contribution in [1.82, 2.24) is 5.32 Å². The van der Waals surface area contributed by atoms with Crippen molar-refractivity contribution >= 4 is 28.9 Å².